The minimum atomic E-state index is -0.467. The van der Waals surface area contributed by atoms with Crippen molar-refractivity contribution < 1.29 is 34.2 Å². The second kappa shape index (κ2) is 12.2. The van der Waals surface area contributed by atoms with Crippen LogP contribution in [-0.4, -0.2) is 97.8 Å². The summed E-state index contributed by atoms with van der Waals surface area (Å²) in [4.78, 5) is 29.6. The van der Waals surface area contributed by atoms with Crippen molar-refractivity contribution in [1.29, 1.82) is 0 Å². The molecule has 11 unspecified atom stereocenters. The molecule has 3 aliphatic carbocycles. The third kappa shape index (κ3) is 5.12. The lowest BCUT2D eigenvalue weighted by Gasteiger charge is -2.53. The summed E-state index contributed by atoms with van der Waals surface area (Å²) in [7, 11) is 3.48. The van der Waals surface area contributed by atoms with Crippen LogP contribution in [-0.2, 0) is 23.8 Å². The lowest BCUT2D eigenvalue weighted by molar-refractivity contribution is -0.713. The van der Waals surface area contributed by atoms with Gasteiger partial charge in [0.25, 0.3) is 0 Å². The van der Waals surface area contributed by atoms with Gasteiger partial charge >= 0.3 is 0 Å². The van der Waals surface area contributed by atoms with E-state index in [2.05, 4.69) is 15.5 Å². The summed E-state index contributed by atoms with van der Waals surface area (Å²) in [6, 6.07) is 1.25. The highest BCUT2D eigenvalue weighted by atomic mass is 16.5. The van der Waals surface area contributed by atoms with E-state index in [-0.39, 0.29) is 48.8 Å². The van der Waals surface area contributed by atoms with E-state index in [0.717, 1.165) is 77.2 Å². The second-order valence-electron chi connectivity index (χ2n) is 13.7. The normalized spacial score (nSPS) is 45.3. The van der Waals surface area contributed by atoms with Crippen molar-refractivity contribution in [1.82, 2.24) is 10.2 Å². The van der Waals surface area contributed by atoms with Gasteiger partial charge in [0, 0.05) is 45.2 Å². The maximum Gasteiger partial charge on any atom is 0.249 e. The summed E-state index contributed by atoms with van der Waals surface area (Å²) in [5.41, 5.74) is 0. The van der Waals surface area contributed by atoms with Crippen molar-refractivity contribution in [2.75, 3.05) is 27.4 Å². The Morgan fingerprint density at radius 3 is 2.55 bits per heavy atom. The number of aliphatic hydroxyl groups is 1. The summed E-state index contributed by atoms with van der Waals surface area (Å²) in [6.45, 7) is 3.27. The van der Waals surface area contributed by atoms with Crippen molar-refractivity contribution >= 4 is 11.8 Å². The van der Waals surface area contributed by atoms with E-state index in [1.165, 1.54) is 0 Å². The van der Waals surface area contributed by atoms with Crippen LogP contribution in [0.1, 0.15) is 77.6 Å². The van der Waals surface area contributed by atoms with Crippen molar-refractivity contribution in [3.05, 3.63) is 0 Å². The summed E-state index contributed by atoms with van der Waals surface area (Å²) in [5, 5.41) is 15.0. The zero-order chi connectivity index (χ0) is 28.0. The van der Waals surface area contributed by atoms with Gasteiger partial charge in [0.1, 0.15) is 12.1 Å². The van der Waals surface area contributed by atoms with Gasteiger partial charge in [-0.1, -0.05) is 0 Å². The Hall–Kier alpha value is -1.26. The number of carbonyl (C=O) groups is 2. The number of ether oxygens (including phenoxy) is 3. The molecule has 226 valence electrons. The van der Waals surface area contributed by atoms with E-state index >= 15 is 0 Å². The van der Waals surface area contributed by atoms with E-state index in [1.807, 2.05) is 6.92 Å². The van der Waals surface area contributed by atoms with Crippen molar-refractivity contribution in [2.24, 2.45) is 29.6 Å². The lowest BCUT2D eigenvalue weighted by atomic mass is 9.64. The monoisotopic (exact) mass is 562 g/mol. The van der Waals surface area contributed by atoms with E-state index < -0.39 is 6.10 Å². The standard InChI is InChI=1S/C31H51N3O6/c1-17(30(36)33-19-6-4-18(5-7-19)13-15-35)40-20-8-10-24-23(16-20)21-12-14-32-27-22-9-11-25(38-2)29(39-3)26(22)31(37)34(24)28(21)27/h17-29,32,35H,4-16H2,1-3H3,(H,33,36)/p+1. The zero-order valence-corrected chi connectivity index (χ0v) is 24.7. The Morgan fingerprint density at radius 2 is 1.82 bits per heavy atom. The molecule has 0 aromatic heterocycles. The Bertz CT molecular complexity index is 912. The van der Waals surface area contributed by atoms with Crippen LogP contribution in [0.5, 0.6) is 0 Å². The van der Waals surface area contributed by atoms with Gasteiger partial charge in [0.05, 0.1) is 36.8 Å². The molecule has 6 aliphatic rings. The Kier molecular flexibility index (Phi) is 8.76. The molecular weight excluding hydrogens is 510 g/mol. The molecule has 0 bridgehead atoms. The maximum absolute atomic E-state index is 14.2. The molecule has 11 atom stereocenters. The number of nitrogens with zero attached hydrogens (tertiary/aromatic N) is 1. The van der Waals surface area contributed by atoms with Gasteiger partial charge in [-0.25, -0.2) is 0 Å². The number of amides is 2. The highest BCUT2D eigenvalue weighted by Crippen LogP contribution is 2.53. The summed E-state index contributed by atoms with van der Waals surface area (Å²) >= 11 is 0. The maximum atomic E-state index is 14.2. The fourth-order valence-electron chi connectivity index (χ4n) is 10.1. The number of hydrogen-bond acceptors (Lipinski definition) is 6. The van der Waals surface area contributed by atoms with Gasteiger partial charge in [-0.15, -0.1) is 0 Å². The molecule has 6 rings (SSSR count). The zero-order valence-electron chi connectivity index (χ0n) is 24.7. The minimum Gasteiger partial charge on any atom is -0.396 e. The van der Waals surface area contributed by atoms with Crippen LogP contribution in [0.25, 0.3) is 0 Å². The first-order chi connectivity index (χ1) is 19.4. The second-order valence-corrected chi connectivity index (χ2v) is 13.7. The Morgan fingerprint density at radius 1 is 1.02 bits per heavy atom. The molecular formula is C31H52N3O6+. The molecule has 0 aromatic rings. The number of rotatable bonds is 8. The fourth-order valence-corrected chi connectivity index (χ4v) is 10.1. The molecule has 4 N–H and O–H groups in total. The largest absolute Gasteiger partial charge is 0.396 e. The topological polar surface area (TPSA) is 114 Å². The quantitative estimate of drug-likeness (QED) is 0.410. The number of aliphatic hydroxyl groups excluding tert-OH is 1. The van der Waals surface area contributed by atoms with Crippen LogP contribution < -0.4 is 10.6 Å². The first-order valence-electron chi connectivity index (χ1n) is 16.2. The average molecular weight is 563 g/mol. The van der Waals surface area contributed by atoms with Crippen LogP contribution in [0.15, 0.2) is 0 Å². The number of piperidine rings is 2. The number of nitrogens with one attached hydrogen (secondary N) is 1. The number of fused-ring (bicyclic) bond motifs is 5. The van der Waals surface area contributed by atoms with E-state index in [0.29, 0.717) is 41.7 Å². The number of carbonyl (C=O) groups excluding carboxylic acids is 2. The fraction of sp³-hybridized carbons (Fsp3) is 0.935. The van der Waals surface area contributed by atoms with Gasteiger partial charge < -0.3 is 34.9 Å². The Balaban J connectivity index is 1.10. The van der Waals surface area contributed by atoms with Crippen LogP contribution in [0.4, 0.5) is 0 Å². The van der Waals surface area contributed by atoms with Gasteiger partial charge in [-0.2, -0.15) is 0 Å². The number of nitrogens with two attached hydrogens (primary N) is 1. The third-order valence-electron chi connectivity index (χ3n) is 11.9. The highest BCUT2D eigenvalue weighted by Gasteiger charge is 2.66. The molecule has 0 spiro atoms. The molecule has 0 aromatic carbocycles. The van der Waals surface area contributed by atoms with Crippen LogP contribution in [0.3, 0.4) is 0 Å². The van der Waals surface area contributed by atoms with E-state index in [9.17, 15) is 14.7 Å². The summed E-state index contributed by atoms with van der Waals surface area (Å²) in [5.74, 6) is 2.09. The van der Waals surface area contributed by atoms with Crippen molar-refractivity contribution in [3.63, 3.8) is 0 Å². The predicted octanol–water partition coefficient (Wildman–Crippen LogP) is 1.22. The molecule has 3 aliphatic heterocycles. The Labute approximate surface area is 239 Å². The smallest absolute Gasteiger partial charge is 0.249 e. The third-order valence-corrected chi connectivity index (χ3v) is 11.9. The first-order valence-corrected chi connectivity index (χ1v) is 16.2. The van der Waals surface area contributed by atoms with Gasteiger partial charge in [0.15, 0.2) is 0 Å². The van der Waals surface area contributed by atoms with Crippen LogP contribution in [0.2, 0.25) is 0 Å². The molecule has 6 fully saturated rings. The molecule has 9 nitrogen and oxygen atoms in total. The summed E-state index contributed by atoms with van der Waals surface area (Å²) in [6.07, 6.45) is 10.3. The van der Waals surface area contributed by atoms with Crippen molar-refractivity contribution in [2.45, 2.75) is 126 Å². The summed E-state index contributed by atoms with van der Waals surface area (Å²) < 4.78 is 18.2. The first kappa shape index (κ1) is 28.8. The van der Waals surface area contributed by atoms with E-state index in [4.69, 9.17) is 14.2 Å². The number of methoxy groups -OCH3 is 2. The predicted molar refractivity (Wildman–Crippen MR) is 148 cm³/mol. The molecule has 0 radical (unpaired) electrons. The number of quaternary nitrogens is 1. The molecule has 3 saturated carbocycles. The molecule has 3 heterocycles. The minimum absolute atomic E-state index is 0.00135. The molecule has 9 heteroatoms. The van der Waals surface area contributed by atoms with E-state index in [1.54, 1.807) is 14.2 Å². The molecule has 40 heavy (non-hydrogen) atoms. The average Bonchev–Trinajstić information content (AvgIpc) is 3.31. The highest BCUT2D eigenvalue weighted by molar-refractivity contribution is 5.83. The molecule has 2 amide bonds. The molecule has 3 saturated heterocycles. The van der Waals surface area contributed by atoms with Crippen LogP contribution >= 0.6 is 0 Å². The van der Waals surface area contributed by atoms with Gasteiger partial charge in [0.2, 0.25) is 11.8 Å². The number of hydrogen-bond donors (Lipinski definition) is 3. The SMILES string of the molecule is COC1CCC2C3[NH2+]CCC4C5CC(OC(C)C(=O)NC6CCC(CCO)CC6)CCC5N(C(=O)C2C1OC)C43. The van der Waals surface area contributed by atoms with Crippen LogP contribution in [0, 0.1) is 29.6 Å². The lowest BCUT2D eigenvalue weighted by Crippen LogP contribution is -2.99. The van der Waals surface area contributed by atoms with Gasteiger partial charge in [-0.3, -0.25) is 9.59 Å². The van der Waals surface area contributed by atoms with Crippen molar-refractivity contribution in [3.8, 4) is 0 Å². The van der Waals surface area contributed by atoms with Gasteiger partial charge in [-0.05, 0) is 88.9 Å².